The molecule has 3 rings (SSSR count). The Balaban J connectivity index is 1.31. The molecule has 0 spiro atoms. The van der Waals surface area contributed by atoms with Crippen molar-refractivity contribution in [3.63, 3.8) is 0 Å². The number of aliphatic hydroxyl groups excluding tert-OH is 1. The van der Waals surface area contributed by atoms with Crippen molar-refractivity contribution in [1.82, 2.24) is 15.1 Å². The summed E-state index contributed by atoms with van der Waals surface area (Å²) >= 11 is 0. The first-order valence-corrected chi connectivity index (χ1v) is 9.76. The van der Waals surface area contributed by atoms with E-state index in [1.807, 2.05) is 12.1 Å². The molecule has 0 aromatic heterocycles. The van der Waals surface area contributed by atoms with Gasteiger partial charge in [-0.25, -0.2) is 0 Å². The van der Waals surface area contributed by atoms with Crippen LogP contribution in [-0.2, 0) is 11.2 Å². The molecule has 1 unspecified atom stereocenters. The summed E-state index contributed by atoms with van der Waals surface area (Å²) < 4.78 is 5.69. The number of aliphatic hydroxyl groups is 1. The van der Waals surface area contributed by atoms with Gasteiger partial charge in [0.2, 0.25) is 5.91 Å². The van der Waals surface area contributed by atoms with E-state index in [0.717, 1.165) is 51.2 Å². The number of amides is 1. The number of hydrogen-bond acceptors (Lipinski definition) is 5. The fraction of sp³-hybridized carbons (Fsp3) is 0.650. The van der Waals surface area contributed by atoms with Gasteiger partial charge in [-0.1, -0.05) is 19.1 Å². The summed E-state index contributed by atoms with van der Waals surface area (Å²) in [7, 11) is 0. The van der Waals surface area contributed by atoms with Crippen LogP contribution in [0.25, 0.3) is 0 Å². The second-order valence-electron chi connectivity index (χ2n) is 7.38. The molecule has 26 heavy (non-hydrogen) atoms. The van der Waals surface area contributed by atoms with Crippen molar-refractivity contribution in [1.29, 1.82) is 0 Å². The molecule has 1 aromatic carbocycles. The predicted molar refractivity (Wildman–Crippen MR) is 101 cm³/mol. The molecule has 6 heteroatoms. The number of aryl methyl sites for hydroxylation is 1. The van der Waals surface area contributed by atoms with Gasteiger partial charge in [0, 0.05) is 38.8 Å². The van der Waals surface area contributed by atoms with Crippen LogP contribution >= 0.6 is 0 Å². The summed E-state index contributed by atoms with van der Waals surface area (Å²) in [5, 5.41) is 13.3. The Bertz CT molecular complexity index is 566. The first-order valence-electron chi connectivity index (χ1n) is 9.76. The standard InChI is InChI=1S/C20H31N3O3/c1-2-16-3-7-19(8-4-16)26-15-18(24)13-22-9-11-23(12-10-22)14-20(25)21-17-5-6-17/h3-4,7-8,17-18,24H,2,5-6,9-15H2,1H3,(H,21,25). The van der Waals surface area contributed by atoms with Crippen molar-refractivity contribution >= 4 is 5.91 Å². The lowest BCUT2D eigenvalue weighted by Gasteiger charge is -2.35. The van der Waals surface area contributed by atoms with Crippen LogP contribution in [0.2, 0.25) is 0 Å². The number of piperazine rings is 1. The number of nitrogens with zero attached hydrogens (tertiary/aromatic N) is 2. The number of benzene rings is 1. The van der Waals surface area contributed by atoms with Crippen LogP contribution in [0.3, 0.4) is 0 Å². The van der Waals surface area contributed by atoms with Crippen molar-refractivity contribution < 1.29 is 14.6 Å². The maximum absolute atomic E-state index is 11.9. The summed E-state index contributed by atoms with van der Waals surface area (Å²) in [6, 6.07) is 8.45. The minimum absolute atomic E-state index is 0.142. The van der Waals surface area contributed by atoms with Gasteiger partial charge in [0.15, 0.2) is 0 Å². The van der Waals surface area contributed by atoms with Gasteiger partial charge >= 0.3 is 0 Å². The van der Waals surface area contributed by atoms with E-state index in [2.05, 4.69) is 34.2 Å². The van der Waals surface area contributed by atoms with Gasteiger partial charge in [-0.3, -0.25) is 14.6 Å². The Labute approximate surface area is 156 Å². The number of carbonyl (C=O) groups excluding carboxylic acids is 1. The largest absolute Gasteiger partial charge is 0.491 e. The molecule has 1 amide bonds. The molecule has 1 aliphatic carbocycles. The van der Waals surface area contributed by atoms with Crippen molar-refractivity contribution in [2.45, 2.75) is 38.3 Å². The third-order valence-corrected chi connectivity index (χ3v) is 5.02. The van der Waals surface area contributed by atoms with Crippen LogP contribution in [-0.4, -0.2) is 78.8 Å². The van der Waals surface area contributed by atoms with E-state index in [-0.39, 0.29) is 5.91 Å². The normalized spacial score (nSPS) is 19.9. The minimum atomic E-state index is -0.509. The fourth-order valence-corrected chi connectivity index (χ4v) is 3.20. The zero-order chi connectivity index (χ0) is 18.4. The molecular formula is C20H31N3O3. The molecule has 2 fully saturated rings. The highest BCUT2D eigenvalue weighted by molar-refractivity contribution is 5.78. The topological polar surface area (TPSA) is 65.0 Å². The Kier molecular flexibility index (Phi) is 6.88. The van der Waals surface area contributed by atoms with Gasteiger partial charge in [0.05, 0.1) is 6.54 Å². The number of ether oxygens (including phenoxy) is 1. The van der Waals surface area contributed by atoms with E-state index in [9.17, 15) is 9.90 Å². The molecule has 1 aromatic rings. The Hall–Kier alpha value is -1.63. The monoisotopic (exact) mass is 361 g/mol. The lowest BCUT2D eigenvalue weighted by atomic mass is 10.2. The Morgan fingerprint density at radius 2 is 1.85 bits per heavy atom. The summed E-state index contributed by atoms with van der Waals surface area (Å²) in [6.07, 6.45) is 2.76. The highest BCUT2D eigenvalue weighted by atomic mass is 16.5. The number of carbonyl (C=O) groups is 1. The zero-order valence-corrected chi connectivity index (χ0v) is 15.7. The third-order valence-electron chi connectivity index (χ3n) is 5.02. The molecule has 6 nitrogen and oxygen atoms in total. The predicted octanol–water partition coefficient (Wildman–Crippen LogP) is 0.885. The number of β-amino-alcohol motifs (C(OH)–C–C–N with tert-alkyl or cyclic N) is 1. The van der Waals surface area contributed by atoms with E-state index in [4.69, 9.17) is 4.74 Å². The van der Waals surface area contributed by atoms with E-state index in [1.54, 1.807) is 0 Å². The summed E-state index contributed by atoms with van der Waals surface area (Å²) in [5.41, 5.74) is 1.28. The first kappa shape index (κ1) is 19.1. The molecule has 144 valence electrons. The van der Waals surface area contributed by atoms with Gasteiger partial charge in [0.1, 0.15) is 18.5 Å². The third kappa shape index (κ3) is 6.27. The Morgan fingerprint density at radius 3 is 2.46 bits per heavy atom. The molecule has 1 heterocycles. The van der Waals surface area contributed by atoms with Crippen LogP contribution < -0.4 is 10.1 Å². The average Bonchev–Trinajstić information content (AvgIpc) is 3.46. The van der Waals surface area contributed by atoms with E-state index in [1.165, 1.54) is 5.56 Å². The molecule has 0 bridgehead atoms. The highest BCUT2D eigenvalue weighted by Gasteiger charge is 2.25. The van der Waals surface area contributed by atoms with Crippen LogP contribution in [0, 0.1) is 0 Å². The number of hydrogen-bond donors (Lipinski definition) is 2. The van der Waals surface area contributed by atoms with Crippen LogP contribution in [0.1, 0.15) is 25.3 Å². The maximum atomic E-state index is 11.9. The molecular weight excluding hydrogens is 330 g/mol. The molecule has 2 aliphatic rings. The molecule has 1 saturated carbocycles. The molecule has 1 atom stereocenters. The van der Waals surface area contributed by atoms with Gasteiger partial charge in [0.25, 0.3) is 0 Å². The van der Waals surface area contributed by atoms with Gasteiger partial charge in [-0.15, -0.1) is 0 Å². The second-order valence-corrected chi connectivity index (χ2v) is 7.38. The van der Waals surface area contributed by atoms with Gasteiger partial charge in [-0.05, 0) is 37.0 Å². The Morgan fingerprint density at radius 1 is 1.19 bits per heavy atom. The van der Waals surface area contributed by atoms with Crippen LogP contribution in [0.15, 0.2) is 24.3 Å². The highest BCUT2D eigenvalue weighted by Crippen LogP contribution is 2.18. The van der Waals surface area contributed by atoms with Crippen molar-refractivity contribution in [3.05, 3.63) is 29.8 Å². The summed E-state index contributed by atoms with van der Waals surface area (Å²) in [5.74, 6) is 0.941. The minimum Gasteiger partial charge on any atom is -0.491 e. The van der Waals surface area contributed by atoms with E-state index < -0.39 is 6.10 Å². The van der Waals surface area contributed by atoms with Gasteiger partial charge < -0.3 is 15.2 Å². The SMILES string of the molecule is CCc1ccc(OCC(O)CN2CCN(CC(=O)NC3CC3)CC2)cc1. The second kappa shape index (κ2) is 9.35. The lowest BCUT2D eigenvalue weighted by molar-refractivity contribution is -0.122. The van der Waals surface area contributed by atoms with E-state index >= 15 is 0 Å². The van der Waals surface area contributed by atoms with E-state index in [0.29, 0.717) is 25.7 Å². The van der Waals surface area contributed by atoms with Crippen molar-refractivity contribution in [3.8, 4) is 5.75 Å². The fourth-order valence-electron chi connectivity index (χ4n) is 3.20. The average molecular weight is 361 g/mol. The van der Waals surface area contributed by atoms with Crippen molar-refractivity contribution in [2.24, 2.45) is 0 Å². The molecule has 2 N–H and O–H groups in total. The van der Waals surface area contributed by atoms with Crippen molar-refractivity contribution in [2.75, 3.05) is 45.9 Å². The molecule has 1 aliphatic heterocycles. The molecule has 0 radical (unpaired) electrons. The smallest absolute Gasteiger partial charge is 0.234 e. The summed E-state index contributed by atoms with van der Waals surface area (Å²) in [4.78, 5) is 16.3. The van der Waals surface area contributed by atoms with Crippen LogP contribution in [0.4, 0.5) is 0 Å². The quantitative estimate of drug-likeness (QED) is 0.684. The zero-order valence-electron chi connectivity index (χ0n) is 15.7. The van der Waals surface area contributed by atoms with Crippen LogP contribution in [0.5, 0.6) is 5.75 Å². The maximum Gasteiger partial charge on any atom is 0.234 e. The number of nitrogens with one attached hydrogen (secondary N) is 1. The number of rotatable bonds is 9. The summed E-state index contributed by atoms with van der Waals surface area (Å²) in [6.45, 7) is 7.00. The first-order chi connectivity index (χ1) is 12.6. The van der Waals surface area contributed by atoms with Gasteiger partial charge in [-0.2, -0.15) is 0 Å². The molecule has 1 saturated heterocycles. The lowest BCUT2D eigenvalue weighted by Crippen LogP contribution is -2.51.